The largest absolute Gasteiger partial charge is 0.489 e. The number of nitrogens with one attached hydrogen (secondary N) is 1. The molecule has 0 aliphatic heterocycles. The molecule has 0 fully saturated rings. The number of halogens is 3. The predicted octanol–water partition coefficient (Wildman–Crippen LogP) is 6.38. The SMILES string of the molecule is CCc1ccc(SNCCc2ccc(OCc3ccc(C(F)(F)F)cc3)cc2)cc1C(=O)O. The highest BCUT2D eigenvalue weighted by Crippen LogP contribution is 2.29. The second kappa shape index (κ2) is 11.2. The second-order valence-corrected chi connectivity index (χ2v) is 8.32. The van der Waals surface area contributed by atoms with Gasteiger partial charge in [0.15, 0.2) is 0 Å². The highest BCUT2D eigenvalue weighted by molar-refractivity contribution is 7.97. The Kier molecular flexibility index (Phi) is 8.41. The van der Waals surface area contributed by atoms with Crippen molar-refractivity contribution in [1.29, 1.82) is 0 Å². The molecule has 0 radical (unpaired) electrons. The minimum absolute atomic E-state index is 0.185. The van der Waals surface area contributed by atoms with Crippen molar-refractivity contribution in [2.24, 2.45) is 0 Å². The number of hydrogen-bond acceptors (Lipinski definition) is 4. The third-order valence-electron chi connectivity index (χ3n) is 5.01. The number of carboxylic acid groups (broad SMARTS) is 1. The number of hydrogen-bond donors (Lipinski definition) is 2. The van der Waals surface area contributed by atoms with Crippen molar-refractivity contribution in [3.05, 3.63) is 94.5 Å². The average Bonchev–Trinajstić information content (AvgIpc) is 2.80. The molecule has 8 heteroatoms. The second-order valence-electron chi connectivity index (χ2n) is 7.35. The lowest BCUT2D eigenvalue weighted by atomic mass is 10.1. The fourth-order valence-corrected chi connectivity index (χ4v) is 3.85. The maximum absolute atomic E-state index is 12.6. The Hall–Kier alpha value is -2.97. The van der Waals surface area contributed by atoms with E-state index in [1.54, 1.807) is 6.07 Å². The van der Waals surface area contributed by atoms with Crippen molar-refractivity contribution in [1.82, 2.24) is 4.72 Å². The maximum Gasteiger partial charge on any atom is 0.416 e. The van der Waals surface area contributed by atoms with E-state index in [0.717, 1.165) is 34.6 Å². The summed E-state index contributed by atoms with van der Waals surface area (Å²) < 4.78 is 46.8. The molecule has 0 saturated carbocycles. The Morgan fingerprint density at radius 3 is 2.27 bits per heavy atom. The van der Waals surface area contributed by atoms with Gasteiger partial charge in [-0.05, 0) is 77.9 Å². The first-order chi connectivity index (χ1) is 15.8. The summed E-state index contributed by atoms with van der Waals surface area (Å²) >= 11 is 1.39. The molecular weight excluding hydrogens is 451 g/mol. The molecule has 0 aliphatic rings. The van der Waals surface area contributed by atoms with E-state index >= 15 is 0 Å². The first-order valence-electron chi connectivity index (χ1n) is 10.4. The number of alkyl halides is 3. The Balaban J connectivity index is 1.43. The molecule has 3 rings (SSSR count). The van der Waals surface area contributed by atoms with Crippen LogP contribution < -0.4 is 9.46 Å². The van der Waals surface area contributed by atoms with E-state index < -0.39 is 17.7 Å². The van der Waals surface area contributed by atoms with E-state index in [-0.39, 0.29) is 6.61 Å². The standard InChI is InChI=1S/C25H24F3NO3S/c1-2-19-7-12-22(15-23(19)24(30)31)33-29-14-13-17-5-10-21(11-6-17)32-16-18-3-8-20(9-4-18)25(26,27)28/h3-12,15,29H,2,13-14,16H2,1H3,(H,30,31). The Morgan fingerprint density at radius 2 is 1.67 bits per heavy atom. The highest BCUT2D eigenvalue weighted by Gasteiger charge is 2.29. The van der Waals surface area contributed by atoms with Gasteiger partial charge in [0.25, 0.3) is 0 Å². The van der Waals surface area contributed by atoms with Crippen LogP contribution in [0.5, 0.6) is 5.75 Å². The fraction of sp³-hybridized carbons (Fsp3) is 0.240. The molecule has 33 heavy (non-hydrogen) atoms. The number of aryl methyl sites for hydroxylation is 1. The highest BCUT2D eigenvalue weighted by atomic mass is 32.2. The van der Waals surface area contributed by atoms with Crippen LogP contribution in [0.2, 0.25) is 0 Å². The lowest BCUT2D eigenvalue weighted by molar-refractivity contribution is -0.137. The van der Waals surface area contributed by atoms with E-state index in [9.17, 15) is 23.1 Å². The molecule has 0 amide bonds. The topological polar surface area (TPSA) is 58.6 Å². The van der Waals surface area contributed by atoms with E-state index in [1.165, 1.54) is 24.1 Å². The zero-order chi connectivity index (χ0) is 23.8. The van der Waals surface area contributed by atoms with Crippen molar-refractivity contribution < 1.29 is 27.8 Å². The van der Waals surface area contributed by atoms with Gasteiger partial charge in [-0.2, -0.15) is 13.2 Å². The van der Waals surface area contributed by atoms with Crippen LogP contribution in [-0.2, 0) is 25.6 Å². The molecule has 0 bridgehead atoms. The number of ether oxygens (including phenoxy) is 1. The van der Waals surface area contributed by atoms with E-state index in [0.29, 0.717) is 29.8 Å². The van der Waals surface area contributed by atoms with Gasteiger partial charge in [-0.1, -0.05) is 37.3 Å². The van der Waals surface area contributed by atoms with Crippen LogP contribution in [0.25, 0.3) is 0 Å². The molecule has 0 aromatic heterocycles. The third-order valence-corrected chi connectivity index (χ3v) is 5.85. The van der Waals surface area contributed by atoms with Crippen molar-refractivity contribution in [2.45, 2.75) is 37.4 Å². The Morgan fingerprint density at radius 1 is 1.00 bits per heavy atom. The Labute approximate surface area is 194 Å². The molecule has 2 N–H and O–H groups in total. The fourth-order valence-electron chi connectivity index (χ4n) is 3.17. The normalized spacial score (nSPS) is 11.4. The van der Waals surface area contributed by atoms with Crippen LogP contribution >= 0.6 is 11.9 Å². The van der Waals surface area contributed by atoms with Gasteiger partial charge >= 0.3 is 12.1 Å². The van der Waals surface area contributed by atoms with Gasteiger partial charge in [0.2, 0.25) is 0 Å². The van der Waals surface area contributed by atoms with Crippen LogP contribution in [0, 0.1) is 0 Å². The van der Waals surface area contributed by atoms with E-state index in [1.807, 2.05) is 43.3 Å². The van der Waals surface area contributed by atoms with E-state index in [4.69, 9.17) is 4.74 Å². The lowest BCUT2D eigenvalue weighted by Crippen LogP contribution is -2.09. The number of carbonyl (C=O) groups is 1. The zero-order valence-electron chi connectivity index (χ0n) is 18.0. The predicted molar refractivity (Wildman–Crippen MR) is 123 cm³/mol. The van der Waals surface area contributed by atoms with Gasteiger partial charge < -0.3 is 9.84 Å². The summed E-state index contributed by atoms with van der Waals surface area (Å²) in [7, 11) is 0. The molecule has 3 aromatic carbocycles. The third kappa shape index (κ3) is 7.27. The minimum Gasteiger partial charge on any atom is -0.489 e. The summed E-state index contributed by atoms with van der Waals surface area (Å²) in [6.45, 7) is 2.80. The molecule has 0 spiro atoms. The monoisotopic (exact) mass is 475 g/mol. The number of benzene rings is 3. The van der Waals surface area contributed by atoms with Crippen LogP contribution in [0.4, 0.5) is 13.2 Å². The summed E-state index contributed by atoms with van der Waals surface area (Å²) in [6.07, 6.45) is -2.90. The summed E-state index contributed by atoms with van der Waals surface area (Å²) in [5, 5.41) is 9.33. The molecular formula is C25H24F3NO3S. The summed E-state index contributed by atoms with van der Waals surface area (Å²) in [4.78, 5) is 12.2. The molecule has 3 aromatic rings. The van der Waals surface area contributed by atoms with E-state index in [2.05, 4.69) is 4.72 Å². The zero-order valence-corrected chi connectivity index (χ0v) is 18.8. The first-order valence-corrected chi connectivity index (χ1v) is 11.2. The van der Waals surface area contributed by atoms with Crippen LogP contribution in [0.3, 0.4) is 0 Å². The average molecular weight is 476 g/mol. The molecule has 0 aliphatic carbocycles. The lowest BCUT2D eigenvalue weighted by Gasteiger charge is -2.10. The summed E-state index contributed by atoms with van der Waals surface area (Å²) in [5.41, 5.74) is 2.22. The molecule has 0 unspecified atom stereocenters. The smallest absolute Gasteiger partial charge is 0.416 e. The maximum atomic E-state index is 12.6. The van der Waals surface area contributed by atoms with Gasteiger partial charge in [0.1, 0.15) is 12.4 Å². The minimum atomic E-state index is -4.34. The van der Waals surface area contributed by atoms with Crippen molar-refractivity contribution in [2.75, 3.05) is 6.54 Å². The van der Waals surface area contributed by atoms with Crippen LogP contribution in [0.15, 0.2) is 71.6 Å². The number of carboxylic acids is 1. The van der Waals surface area contributed by atoms with Crippen molar-refractivity contribution >= 4 is 17.9 Å². The molecule has 4 nitrogen and oxygen atoms in total. The van der Waals surface area contributed by atoms with Crippen molar-refractivity contribution in [3.8, 4) is 5.75 Å². The Bertz CT molecular complexity index is 1070. The summed E-state index contributed by atoms with van der Waals surface area (Å²) in [6, 6.07) is 17.9. The van der Waals surface area contributed by atoms with Gasteiger partial charge in [-0.15, -0.1) is 0 Å². The van der Waals surface area contributed by atoms with Gasteiger partial charge in [-0.3, -0.25) is 4.72 Å². The first kappa shape index (κ1) is 24.7. The van der Waals surface area contributed by atoms with Gasteiger partial charge in [0.05, 0.1) is 11.1 Å². The molecule has 174 valence electrons. The van der Waals surface area contributed by atoms with Crippen molar-refractivity contribution in [3.63, 3.8) is 0 Å². The number of rotatable bonds is 10. The molecule has 0 heterocycles. The quantitative estimate of drug-likeness (QED) is 0.263. The van der Waals surface area contributed by atoms with Gasteiger partial charge in [0, 0.05) is 11.4 Å². The van der Waals surface area contributed by atoms with Crippen LogP contribution in [-0.4, -0.2) is 17.6 Å². The summed E-state index contributed by atoms with van der Waals surface area (Å²) in [5.74, 6) is -0.284. The molecule has 0 atom stereocenters. The van der Waals surface area contributed by atoms with Gasteiger partial charge in [-0.25, -0.2) is 4.79 Å². The van der Waals surface area contributed by atoms with Crippen LogP contribution in [0.1, 0.15) is 39.5 Å². The molecule has 0 saturated heterocycles. The number of aromatic carboxylic acids is 1.